The molecule has 3 aromatic carbocycles. The molecule has 0 bridgehead atoms. The van der Waals surface area contributed by atoms with Crippen LogP contribution in [-0.2, 0) is 26.8 Å². The molecule has 0 atom stereocenters. The Bertz CT molecular complexity index is 2510. The number of para-hydroxylation sites is 1. The fourth-order valence-corrected chi connectivity index (χ4v) is 7.96. The van der Waals surface area contributed by atoms with Crippen LogP contribution in [0.25, 0.3) is 44.9 Å². The van der Waals surface area contributed by atoms with E-state index in [4.69, 9.17) is 9.15 Å². The monoisotopic (exact) mass is 746 g/mol. The molecule has 0 fully saturated rings. The van der Waals surface area contributed by atoms with Gasteiger partial charge in [0.15, 0.2) is 12.3 Å². The van der Waals surface area contributed by atoms with Crippen molar-refractivity contribution in [2.45, 2.75) is 32.7 Å². The van der Waals surface area contributed by atoms with Crippen molar-refractivity contribution < 1.29 is 39.7 Å². The molecule has 0 radical (unpaired) electrons. The SMILES string of the molecule is CCC(/C=C1\Oc2ccc(-c3ccsc3)cc2N1CCCS(=O)(=O)O)=C\c1oc2ccc(-n3ccc4ccccc43)cc2[n+]1CCCS(=O)(=O)O. The molecule has 0 aliphatic carbocycles. The zero-order valence-corrected chi connectivity index (χ0v) is 30.1. The van der Waals surface area contributed by atoms with E-state index in [1.54, 1.807) is 11.3 Å². The average molecular weight is 747 g/mol. The van der Waals surface area contributed by atoms with Crippen LogP contribution in [0.2, 0.25) is 0 Å². The molecule has 4 heterocycles. The number of aryl methyl sites for hydroxylation is 1. The van der Waals surface area contributed by atoms with E-state index in [2.05, 4.69) is 9.95 Å². The number of oxazole rings is 1. The van der Waals surface area contributed by atoms with E-state index in [0.29, 0.717) is 29.5 Å². The van der Waals surface area contributed by atoms with E-state index in [0.717, 1.165) is 44.5 Å². The van der Waals surface area contributed by atoms with E-state index >= 15 is 0 Å². The first-order valence-electron chi connectivity index (χ1n) is 16.4. The average Bonchev–Trinajstić information content (AvgIpc) is 3.89. The third-order valence-corrected chi connectivity index (χ3v) is 11.1. The molecule has 0 saturated carbocycles. The van der Waals surface area contributed by atoms with Crippen LogP contribution in [0.15, 0.2) is 112 Å². The number of rotatable bonds is 13. The number of fused-ring (bicyclic) bond motifs is 3. The Morgan fingerprint density at radius 3 is 2.49 bits per heavy atom. The minimum Gasteiger partial charge on any atom is -0.439 e. The number of hydrogen-bond acceptors (Lipinski definition) is 8. The Labute approximate surface area is 299 Å². The lowest BCUT2D eigenvalue weighted by Gasteiger charge is -2.19. The van der Waals surface area contributed by atoms with Crippen molar-refractivity contribution in [1.29, 1.82) is 0 Å². The van der Waals surface area contributed by atoms with Gasteiger partial charge >= 0.3 is 5.89 Å². The van der Waals surface area contributed by atoms with Gasteiger partial charge in [0.2, 0.25) is 11.5 Å². The van der Waals surface area contributed by atoms with Gasteiger partial charge < -0.3 is 18.6 Å². The standard InChI is InChI=1S/C37H35N3O8S3/c1-2-26(21-36-39(15-5-19-50(41,42)43)32-23-28(9-11-34(32)47-36)29-14-18-49-25-29)22-37-40(16-6-20-51(44,45)46)33-24-30(10-12-35(33)48-37)38-17-13-27-7-3-4-8-31(27)38/h3-4,7-14,17-18,21-25H,2,5-6,15-16,19-20H2,1H3,(H-,41,42,43,44,45,46)/p+1. The molecule has 51 heavy (non-hydrogen) atoms. The molecule has 2 N–H and O–H groups in total. The molecule has 0 amide bonds. The summed E-state index contributed by atoms with van der Waals surface area (Å²) < 4.78 is 82.0. The number of thiophene rings is 1. The van der Waals surface area contributed by atoms with Crippen molar-refractivity contribution in [3.63, 3.8) is 0 Å². The van der Waals surface area contributed by atoms with E-state index in [-0.39, 0.29) is 25.9 Å². The maximum absolute atomic E-state index is 11.6. The number of benzene rings is 3. The Morgan fingerprint density at radius 2 is 1.73 bits per heavy atom. The highest BCUT2D eigenvalue weighted by atomic mass is 32.2. The number of hydrogen-bond donors (Lipinski definition) is 2. The fourth-order valence-electron chi connectivity index (χ4n) is 6.31. The lowest BCUT2D eigenvalue weighted by molar-refractivity contribution is -0.677. The Kier molecular flexibility index (Phi) is 9.61. The van der Waals surface area contributed by atoms with Gasteiger partial charge in [-0.05, 0) is 88.2 Å². The van der Waals surface area contributed by atoms with Gasteiger partial charge in [0, 0.05) is 31.3 Å². The van der Waals surface area contributed by atoms with Gasteiger partial charge in [0.25, 0.3) is 25.8 Å². The topological polar surface area (TPSA) is 143 Å². The van der Waals surface area contributed by atoms with E-state index < -0.39 is 31.7 Å². The number of allylic oxidation sites excluding steroid dienone is 2. The number of anilines is 1. The zero-order valence-electron chi connectivity index (χ0n) is 27.7. The van der Waals surface area contributed by atoms with Crippen molar-refractivity contribution in [3.8, 4) is 22.6 Å². The summed E-state index contributed by atoms with van der Waals surface area (Å²) in [4.78, 5) is 1.91. The number of nitrogens with zero attached hydrogens (tertiary/aromatic N) is 3. The first-order chi connectivity index (χ1) is 24.5. The molecule has 7 rings (SSSR count). The predicted molar refractivity (Wildman–Crippen MR) is 199 cm³/mol. The fraction of sp³-hybridized carbons (Fsp3) is 0.216. The van der Waals surface area contributed by atoms with Crippen LogP contribution in [-0.4, -0.2) is 48.6 Å². The number of ether oxygens (including phenoxy) is 1. The van der Waals surface area contributed by atoms with Gasteiger partial charge in [0.1, 0.15) is 0 Å². The van der Waals surface area contributed by atoms with Crippen molar-refractivity contribution >= 4 is 65.3 Å². The first-order valence-corrected chi connectivity index (χ1v) is 20.6. The summed E-state index contributed by atoms with van der Waals surface area (Å²) in [7, 11) is -8.32. The van der Waals surface area contributed by atoms with Crippen LogP contribution < -0.4 is 14.2 Å². The van der Waals surface area contributed by atoms with Crippen LogP contribution >= 0.6 is 11.3 Å². The van der Waals surface area contributed by atoms with E-state index in [1.807, 2.05) is 113 Å². The van der Waals surface area contributed by atoms with Crippen LogP contribution in [0.4, 0.5) is 5.69 Å². The normalized spacial score (nSPS) is 14.5. The molecular weight excluding hydrogens is 711 g/mol. The molecular formula is C37H36N3O8S3+. The third kappa shape index (κ3) is 7.80. The van der Waals surface area contributed by atoms with Gasteiger partial charge in [-0.15, -0.1) is 0 Å². The molecule has 14 heteroatoms. The smallest absolute Gasteiger partial charge is 0.374 e. The lowest BCUT2D eigenvalue weighted by atomic mass is 10.1. The first kappa shape index (κ1) is 34.7. The molecule has 264 valence electrons. The molecule has 0 unspecified atom stereocenters. The van der Waals surface area contributed by atoms with Gasteiger partial charge in [-0.3, -0.25) is 9.11 Å². The second kappa shape index (κ2) is 14.1. The second-order valence-corrected chi connectivity index (χ2v) is 16.2. The molecule has 1 aliphatic heterocycles. The maximum atomic E-state index is 11.6. The van der Waals surface area contributed by atoms with Crippen LogP contribution in [0.1, 0.15) is 32.1 Å². The van der Waals surface area contributed by atoms with Crippen LogP contribution in [0.5, 0.6) is 5.75 Å². The highest BCUT2D eigenvalue weighted by Gasteiger charge is 2.28. The van der Waals surface area contributed by atoms with Crippen molar-refractivity contribution in [2.24, 2.45) is 0 Å². The molecule has 1 aliphatic rings. The van der Waals surface area contributed by atoms with Crippen molar-refractivity contribution in [3.05, 3.63) is 113 Å². The Hall–Kier alpha value is -4.73. The summed E-state index contributed by atoms with van der Waals surface area (Å²) in [6, 6.07) is 23.9. The summed E-state index contributed by atoms with van der Waals surface area (Å²) in [5, 5.41) is 5.15. The van der Waals surface area contributed by atoms with Crippen molar-refractivity contribution in [1.82, 2.24) is 4.57 Å². The van der Waals surface area contributed by atoms with Gasteiger partial charge in [-0.1, -0.05) is 31.2 Å². The third-order valence-electron chi connectivity index (χ3n) is 8.77. The minimum atomic E-state index is -4.17. The minimum absolute atomic E-state index is 0.157. The molecule has 3 aromatic heterocycles. The highest BCUT2D eigenvalue weighted by molar-refractivity contribution is 7.86. The van der Waals surface area contributed by atoms with Gasteiger partial charge in [-0.25, -0.2) is 0 Å². The molecule has 0 spiro atoms. The molecule has 0 saturated heterocycles. The highest BCUT2D eigenvalue weighted by Crippen LogP contribution is 2.42. The largest absolute Gasteiger partial charge is 0.439 e. The van der Waals surface area contributed by atoms with E-state index in [1.165, 1.54) is 0 Å². The predicted octanol–water partition coefficient (Wildman–Crippen LogP) is 7.48. The lowest BCUT2D eigenvalue weighted by Crippen LogP contribution is -2.36. The van der Waals surface area contributed by atoms with Gasteiger partial charge in [0.05, 0.1) is 34.5 Å². The van der Waals surface area contributed by atoms with Crippen molar-refractivity contribution in [2.75, 3.05) is 23.0 Å². The summed E-state index contributed by atoms with van der Waals surface area (Å²) in [5.74, 6) is 0.802. The molecule has 11 nitrogen and oxygen atoms in total. The quantitative estimate of drug-likeness (QED) is 0.0908. The van der Waals surface area contributed by atoms with Gasteiger partial charge in [-0.2, -0.15) is 32.7 Å². The summed E-state index contributed by atoms with van der Waals surface area (Å²) in [6.07, 6.45) is 6.66. The maximum Gasteiger partial charge on any atom is 0.374 e. The second-order valence-electron chi connectivity index (χ2n) is 12.3. The van der Waals surface area contributed by atoms with Crippen LogP contribution in [0.3, 0.4) is 0 Å². The number of aromatic nitrogens is 2. The Balaban J connectivity index is 1.28. The summed E-state index contributed by atoms with van der Waals surface area (Å²) >= 11 is 1.59. The summed E-state index contributed by atoms with van der Waals surface area (Å²) in [6.45, 7) is 2.53. The van der Waals surface area contributed by atoms with E-state index in [9.17, 15) is 25.9 Å². The Morgan fingerprint density at radius 1 is 0.922 bits per heavy atom. The zero-order chi connectivity index (χ0) is 35.8. The van der Waals surface area contributed by atoms with Crippen LogP contribution in [0, 0.1) is 0 Å². The molecule has 6 aromatic rings. The summed E-state index contributed by atoms with van der Waals surface area (Å²) in [5.41, 5.74) is 6.97.